The molecule has 9 heteroatoms. The molecular weight excluding hydrogens is 382 g/mol. The molecule has 2 aliphatic rings. The van der Waals surface area contributed by atoms with Crippen molar-refractivity contribution in [3.8, 4) is 0 Å². The summed E-state index contributed by atoms with van der Waals surface area (Å²) < 4.78 is 0. The molecule has 0 radical (unpaired) electrons. The zero-order chi connectivity index (χ0) is 21.1. The summed E-state index contributed by atoms with van der Waals surface area (Å²) in [5.74, 6) is 0.379. The first kappa shape index (κ1) is 19.8. The van der Waals surface area contributed by atoms with Crippen LogP contribution in [-0.2, 0) is 4.79 Å². The first-order chi connectivity index (χ1) is 14.5. The Balaban J connectivity index is 1.50. The average Bonchev–Trinajstić information content (AvgIpc) is 3.59. The number of aromatic nitrogens is 3. The average molecular weight is 407 g/mol. The zero-order valence-electron chi connectivity index (χ0n) is 16.7. The van der Waals surface area contributed by atoms with Crippen molar-refractivity contribution in [1.29, 1.82) is 0 Å². The van der Waals surface area contributed by atoms with Gasteiger partial charge < -0.3 is 21.3 Å². The Morgan fingerprint density at radius 3 is 2.60 bits per heavy atom. The maximum Gasteiger partial charge on any atom is 0.273 e. The maximum absolute atomic E-state index is 11.9. The number of benzene rings is 1. The Morgan fingerprint density at radius 2 is 1.93 bits per heavy atom. The summed E-state index contributed by atoms with van der Waals surface area (Å²) in [5, 5.41) is 14.3. The minimum absolute atomic E-state index is 0.0189. The van der Waals surface area contributed by atoms with Crippen molar-refractivity contribution >= 4 is 29.3 Å². The first-order valence-corrected chi connectivity index (χ1v) is 10.1. The van der Waals surface area contributed by atoms with Crippen LogP contribution in [0.4, 0.5) is 17.5 Å². The van der Waals surface area contributed by atoms with Crippen LogP contribution in [0.1, 0.15) is 47.7 Å². The summed E-state index contributed by atoms with van der Waals surface area (Å²) in [6, 6.07) is 8.03. The molecule has 1 aromatic heterocycles. The summed E-state index contributed by atoms with van der Waals surface area (Å²) in [6.45, 7) is 4.77. The van der Waals surface area contributed by atoms with E-state index in [1.165, 1.54) is 24.5 Å². The number of rotatable bonds is 7. The topological polar surface area (TPSA) is 126 Å². The number of nitrogens with two attached hydrogens (primary N) is 1. The van der Waals surface area contributed by atoms with Crippen molar-refractivity contribution in [2.24, 2.45) is 5.73 Å². The van der Waals surface area contributed by atoms with Gasteiger partial charge in [0.05, 0.1) is 0 Å². The van der Waals surface area contributed by atoms with E-state index in [0.717, 1.165) is 18.5 Å². The summed E-state index contributed by atoms with van der Waals surface area (Å²) in [6.07, 6.45) is 5.52. The molecule has 1 unspecified atom stereocenters. The van der Waals surface area contributed by atoms with Crippen molar-refractivity contribution in [2.45, 2.75) is 37.6 Å². The number of carbonyl (C=O) groups is 2. The highest BCUT2D eigenvalue weighted by Gasteiger charge is 2.24. The van der Waals surface area contributed by atoms with Gasteiger partial charge in [0.2, 0.25) is 11.9 Å². The van der Waals surface area contributed by atoms with Crippen LogP contribution in [0.3, 0.4) is 0 Å². The smallest absolute Gasteiger partial charge is 0.273 e. The van der Waals surface area contributed by atoms with Crippen molar-refractivity contribution < 1.29 is 9.59 Å². The minimum Gasteiger partial charge on any atom is -0.364 e. The van der Waals surface area contributed by atoms with E-state index in [1.807, 2.05) is 12.1 Å². The predicted octanol–water partition coefficient (Wildman–Crippen LogP) is 2.18. The van der Waals surface area contributed by atoms with Gasteiger partial charge in [0.15, 0.2) is 11.5 Å². The van der Waals surface area contributed by atoms with Crippen LogP contribution in [-0.4, -0.2) is 51.0 Å². The third kappa shape index (κ3) is 4.56. The van der Waals surface area contributed by atoms with Crippen LogP contribution in [0.2, 0.25) is 0 Å². The van der Waals surface area contributed by atoms with Crippen LogP contribution in [0.25, 0.3) is 0 Å². The lowest BCUT2D eigenvalue weighted by molar-refractivity contribution is -0.127. The van der Waals surface area contributed by atoms with Crippen LogP contribution in [0.15, 0.2) is 36.9 Å². The minimum atomic E-state index is -0.709. The molecule has 156 valence electrons. The number of primary amides is 1. The Labute approximate surface area is 174 Å². The van der Waals surface area contributed by atoms with Crippen molar-refractivity contribution in [1.82, 2.24) is 20.1 Å². The number of amides is 2. The lowest BCUT2D eigenvalue weighted by Crippen LogP contribution is -2.44. The van der Waals surface area contributed by atoms with Crippen LogP contribution in [0, 0.1) is 0 Å². The van der Waals surface area contributed by atoms with E-state index in [2.05, 4.69) is 44.5 Å². The maximum atomic E-state index is 11.9. The van der Waals surface area contributed by atoms with E-state index in [9.17, 15) is 9.59 Å². The lowest BCUT2D eigenvalue weighted by Gasteiger charge is -2.32. The van der Waals surface area contributed by atoms with Crippen molar-refractivity contribution in [2.75, 3.05) is 23.7 Å². The largest absolute Gasteiger partial charge is 0.364 e. The normalized spacial score (nSPS) is 18.5. The second-order valence-electron chi connectivity index (χ2n) is 7.69. The molecule has 0 bridgehead atoms. The van der Waals surface area contributed by atoms with Crippen LogP contribution < -0.4 is 16.4 Å². The van der Waals surface area contributed by atoms with Crippen molar-refractivity contribution in [3.05, 3.63) is 48.2 Å². The molecule has 30 heavy (non-hydrogen) atoms. The number of piperidine rings is 1. The fourth-order valence-corrected chi connectivity index (χ4v) is 3.64. The summed E-state index contributed by atoms with van der Waals surface area (Å²) >= 11 is 0. The van der Waals surface area contributed by atoms with E-state index in [4.69, 9.17) is 5.73 Å². The Bertz CT molecular complexity index is 956. The van der Waals surface area contributed by atoms with Gasteiger partial charge in [-0.15, -0.1) is 10.2 Å². The second-order valence-corrected chi connectivity index (χ2v) is 7.69. The number of carbonyl (C=O) groups excluding carboxylic acids is 2. The van der Waals surface area contributed by atoms with E-state index < -0.39 is 5.91 Å². The third-order valence-corrected chi connectivity index (χ3v) is 5.38. The van der Waals surface area contributed by atoms with Gasteiger partial charge >= 0.3 is 0 Å². The standard InChI is InChI=1S/C21H25N7O2/c1-2-17(29)28-11-3-4-16(12-28)24-21-25-20(18(19(22)30)26-27-21)23-15-9-7-14(8-10-15)13-5-6-13/h2,7-10,13,16H,1,3-6,11-12H2,(H2,22,30)(H2,23,24,25,27). The number of likely N-dealkylation sites (tertiary alicyclic amines) is 1. The highest BCUT2D eigenvalue weighted by Crippen LogP contribution is 2.40. The molecule has 1 saturated heterocycles. The highest BCUT2D eigenvalue weighted by molar-refractivity contribution is 5.96. The monoisotopic (exact) mass is 407 g/mol. The van der Waals surface area contributed by atoms with Crippen LogP contribution >= 0.6 is 0 Å². The van der Waals surface area contributed by atoms with Gasteiger partial charge in [0.1, 0.15) is 0 Å². The summed E-state index contributed by atoms with van der Waals surface area (Å²) in [5.41, 5.74) is 7.52. The van der Waals surface area contributed by atoms with E-state index in [0.29, 0.717) is 19.0 Å². The van der Waals surface area contributed by atoms with Crippen LogP contribution in [0.5, 0.6) is 0 Å². The number of hydrogen-bond acceptors (Lipinski definition) is 7. The lowest BCUT2D eigenvalue weighted by atomic mass is 10.1. The molecule has 2 fully saturated rings. The second kappa shape index (κ2) is 8.48. The number of hydrogen-bond donors (Lipinski definition) is 3. The molecular formula is C21H25N7O2. The SMILES string of the molecule is C=CC(=O)N1CCCC(Nc2nnc(C(N)=O)c(Nc3ccc(C4CC4)cc3)n2)C1. The Kier molecular flexibility index (Phi) is 5.60. The van der Waals surface area contributed by atoms with Crippen molar-refractivity contribution in [3.63, 3.8) is 0 Å². The molecule has 1 aromatic carbocycles. The number of anilines is 3. The molecule has 2 amide bonds. The molecule has 0 spiro atoms. The van der Waals surface area contributed by atoms with Gasteiger partial charge in [-0.1, -0.05) is 18.7 Å². The molecule has 4 N–H and O–H groups in total. The van der Waals surface area contributed by atoms with Gasteiger partial charge in [0.25, 0.3) is 5.91 Å². The summed E-state index contributed by atoms with van der Waals surface area (Å²) in [7, 11) is 0. The molecule has 4 rings (SSSR count). The molecule has 9 nitrogen and oxygen atoms in total. The van der Waals surface area contributed by atoms with Gasteiger partial charge in [-0.05, 0) is 55.4 Å². The molecule has 1 saturated carbocycles. The molecule has 2 heterocycles. The van der Waals surface area contributed by atoms with Gasteiger partial charge in [0, 0.05) is 24.8 Å². The highest BCUT2D eigenvalue weighted by atomic mass is 16.2. The molecule has 1 atom stereocenters. The fraction of sp³-hybridized carbons (Fsp3) is 0.381. The zero-order valence-corrected chi connectivity index (χ0v) is 16.7. The van der Waals surface area contributed by atoms with E-state index >= 15 is 0 Å². The van der Waals surface area contributed by atoms with E-state index in [-0.39, 0.29) is 29.4 Å². The Morgan fingerprint density at radius 1 is 1.17 bits per heavy atom. The molecule has 2 aromatic rings. The summed E-state index contributed by atoms with van der Waals surface area (Å²) in [4.78, 5) is 29.8. The number of nitrogens with zero attached hydrogens (tertiary/aromatic N) is 4. The van der Waals surface area contributed by atoms with Gasteiger partial charge in [-0.2, -0.15) is 4.98 Å². The fourth-order valence-electron chi connectivity index (χ4n) is 3.64. The predicted molar refractivity (Wildman–Crippen MR) is 113 cm³/mol. The number of nitrogens with one attached hydrogen (secondary N) is 2. The first-order valence-electron chi connectivity index (χ1n) is 10.1. The molecule has 1 aliphatic carbocycles. The van der Waals surface area contributed by atoms with Gasteiger partial charge in [-0.25, -0.2) is 0 Å². The van der Waals surface area contributed by atoms with Gasteiger partial charge in [-0.3, -0.25) is 9.59 Å². The Hall–Kier alpha value is -3.49. The molecule has 1 aliphatic heterocycles. The quantitative estimate of drug-likeness (QED) is 0.601. The van der Waals surface area contributed by atoms with E-state index in [1.54, 1.807) is 4.90 Å². The third-order valence-electron chi connectivity index (χ3n) is 5.38.